The van der Waals surface area contributed by atoms with Crippen LogP contribution in [0.3, 0.4) is 0 Å². The van der Waals surface area contributed by atoms with Crippen LogP contribution < -0.4 is 5.32 Å². The number of rotatable bonds is 8. The summed E-state index contributed by atoms with van der Waals surface area (Å²) in [6, 6.07) is 10.6. The molecule has 0 bridgehead atoms. The second kappa shape index (κ2) is 9.72. The van der Waals surface area contributed by atoms with Gasteiger partial charge in [0, 0.05) is 19.1 Å². The lowest BCUT2D eigenvalue weighted by Gasteiger charge is -2.56. The summed E-state index contributed by atoms with van der Waals surface area (Å²) in [5.41, 5.74) is 0.792. The first-order valence-electron chi connectivity index (χ1n) is 12.4. The molecule has 2 aliphatic heterocycles. The topological polar surface area (TPSA) is 52.7 Å². The summed E-state index contributed by atoms with van der Waals surface area (Å²) in [6.45, 7) is 7.13. The van der Waals surface area contributed by atoms with Gasteiger partial charge in [-0.2, -0.15) is 0 Å². The molecule has 0 radical (unpaired) electrons. The number of carbonyl (C=O) groups excluding carboxylic acids is 2. The van der Waals surface area contributed by atoms with E-state index >= 15 is 0 Å². The van der Waals surface area contributed by atoms with Gasteiger partial charge in [-0.1, -0.05) is 44.2 Å². The van der Waals surface area contributed by atoms with E-state index in [2.05, 4.69) is 59.3 Å². The van der Waals surface area contributed by atoms with Gasteiger partial charge in [-0.05, 0) is 75.8 Å². The third kappa shape index (κ3) is 4.82. The third-order valence-corrected chi connectivity index (χ3v) is 7.59. The fourth-order valence-corrected chi connectivity index (χ4v) is 5.57. The highest BCUT2D eigenvalue weighted by molar-refractivity contribution is 6.00. The van der Waals surface area contributed by atoms with Gasteiger partial charge in [0.05, 0.1) is 0 Å². The Kier molecular flexibility index (Phi) is 7.00. The highest BCUT2D eigenvalue weighted by atomic mass is 16.2. The first-order chi connectivity index (χ1) is 15.0. The van der Waals surface area contributed by atoms with E-state index in [1.807, 2.05) is 0 Å². The molecule has 1 aromatic rings. The SMILES string of the molecule is CC(C)C[C@@H]1NC(=O)C2(CCN(CCCCc3ccccc3)CC2)N(C2CCC2)C1=O. The van der Waals surface area contributed by atoms with Crippen molar-refractivity contribution in [2.75, 3.05) is 19.6 Å². The second-order valence-corrected chi connectivity index (χ2v) is 10.3. The van der Waals surface area contributed by atoms with E-state index in [0.717, 1.165) is 58.2 Å². The molecule has 2 saturated heterocycles. The lowest BCUT2D eigenvalue weighted by molar-refractivity contribution is -0.168. The minimum Gasteiger partial charge on any atom is -0.342 e. The van der Waals surface area contributed by atoms with Gasteiger partial charge in [-0.15, -0.1) is 0 Å². The minimum absolute atomic E-state index is 0.105. The standard InChI is InChI=1S/C26H39N3O2/c1-20(2)19-23-24(30)29(22-12-8-13-22)26(25(31)27-23)14-17-28(18-15-26)16-7-6-11-21-9-4-3-5-10-21/h3-5,9-10,20,22-23H,6-8,11-19H2,1-2H3,(H,27,31)/t23-/m0/s1. The van der Waals surface area contributed by atoms with Crippen molar-refractivity contribution in [3.63, 3.8) is 0 Å². The number of likely N-dealkylation sites (tertiary alicyclic amines) is 1. The van der Waals surface area contributed by atoms with Crippen LogP contribution in [0.2, 0.25) is 0 Å². The molecule has 31 heavy (non-hydrogen) atoms. The number of hydrogen-bond donors (Lipinski definition) is 1. The molecule has 1 spiro atoms. The summed E-state index contributed by atoms with van der Waals surface area (Å²) in [5, 5.41) is 3.13. The number of piperazine rings is 1. The molecule has 5 nitrogen and oxygen atoms in total. The van der Waals surface area contributed by atoms with Crippen LogP contribution in [0, 0.1) is 5.92 Å². The average molecular weight is 426 g/mol. The van der Waals surface area contributed by atoms with Gasteiger partial charge in [0.25, 0.3) is 0 Å². The Hall–Kier alpha value is -1.88. The van der Waals surface area contributed by atoms with Crippen molar-refractivity contribution >= 4 is 11.8 Å². The van der Waals surface area contributed by atoms with E-state index in [0.29, 0.717) is 5.92 Å². The van der Waals surface area contributed by atoms with Gasteiger partial charge in [-0.3, -0.25) is 9.59 Å². The maximum absolute atomic E-state index is 13.4. The highest BCUT2D eigenvalue weighted by Gasteiger charge is 2.56. The number of piperidine rings is 1. The van der Waals surface area contributed by atoms with Gasteiger partial charge in [0.1, 0.15) is 11.6 Å². The third-order valence-electron chi connectivity index (χ3n) is 7.59. The van der Waals surface area contributed by atoms with Crippen LogP contribution in [0.4, 0.5) is 0 Å². The quantitative estimate of drug-likeness (QED) is 0.645. The van der Waals surface area contributed by atoms with Gasteiger partial charge < -0.3 is 15.1 Å². The molecule has 2 heterocycles. The van der Waals surface area contributed by atoms with Crippen molar-refractivity contribution in [2.24, 2.45) is 5.92 Å². The van der Waals surface area contributed by atoms with Gasteiger partial charge in [0.2, 0.25) is 11.8 Å². The summed E-state index contributed by atoms with van der Waals surface area (Å²) in [6.07, 6.45) is 9.05. The van der Waals surface area contributed by atoms with Crippen LogP contribution in [-0.2, 0) is 16.0 Å². The maximum atomic E-state index is 13.4. The molecule has 1 N–H and O–H groups in total. The van der Waals surface area contributed by atoms with Crippen molar-refractivity contribution in [3.05, 3.63) is 35.9 Å². The van der Waals surface area contributed by atoms with E-state index in [-0.39, 0.29) is 23.9 Å². The number of unbranched alkanes of at least 4 members (excludes halogenated alkanes) is 1. The second-order valence-electron chi connectivity index (χ2n) is 10.3. The predicted molar refractivity (Wildman–Crippen MR) is 124 cm³/mol. The number of nitrogens with one attached hydrogen (secondary N) is 1. The first kappa shape index (κ1) is 22.3. The Bertz CT molecular complexity index is 751. The van der Waals surface area contributed by atoms with Crippen LogP contribution in [-0.4, -0.2) is 58.9 Å². The number of hydrogen-bond acceptors (Lipinski definition) is 3. The smallest absolute Gasteiger partial charge is 0.246 e. The zero-order valence-electron chi connectivity index (χ0n) is 19.3. The van der Waals surface area contributed by atoms with Crippen molar-refractivity contribution in [1.82, 2.24) is 15.1 Å². The van der Waals surface area contributed by atoms with E-state index in [9.17, 15) is 9.59 Å². The summed E-state index contributed by atoms with van der Waals surface area (Å²) in [5.74, 6) is 0.673. The molecule has 3 fully saturated rings. The molecule has 2 amide bonds. The zero-order chi connectivity index (χ0) is 21.8. The normalized spacial score (nSPS) is 24.5. The molecule has 0 aromatic heterocycles. The molecule has 1 aromatic carbocycles. The lowest BCUT2D eigenvalue weighted by atomic mass is 9.76. The molecule has 1 saturated carbocycles. The number of aryl methyl sites for hydroxylation is 1. The van der Waals surface area contributed by atoms with E-state index in [4.69, 9.17) is 0 Å². The fourth-order valence-electron chi connectivity index (χ4n) is 5.57. The first-order valence-corrected chi connectivity index (χ1v) is 12.4. The number of nitrogens with zero attached hydrogens (tertiary/aromatic N) is 2. The Morgan fingerprint density at radius 2 is 1.77 bits per heavy atom. The van der Waals surface area contributed by atoms with Crippen LogP contribution in [0.15, 0.2) is 30.3 Å². The monoisotopic (exact) mass is 425 g/mol. The predicted octanol–water partition coefficient (Wildman–Crippen LogP) is 3.77. The van der Waals surface area contributed by atoms with E-state index in [1.54, 1.807) is 0 Å². The highest BCUT2D eigenvalue weighted by Crippen LogP contribution is 2.40. The molecule has 170 valence electrons. The summed E-state index contributed by atoms with van der Waals surface area (Å²) in [4.78, 5) is 31.4. The van der Waals surface area contributed by atoms with E-state index < -0.39 is 5.54 Å². The van der Waals surface area contributed by atoms with Crippen LogP contribution in [0.5, 0.6) is 0 Å². The Morgan fingerprint density at radius 3 is 2.39 bits per heavy atom. The average Bonchev–Trinajstić information content (AvgIpc) is 2.73. The molecule has 5 heteroatoms. The number of amides is 2. The zero-order valence-corrected chi connectivity index (χ0v) is 19.3. The largest absolute Gasteiger partial charge is 0.342 e. The Balaban J connectivity index is 1.34. The number of carbonyl (C=O) groups is 2. The Labute approximate surface area is 187 Å². The fraction of sp³-hybridized carbons (Fsp3) is 0.692. The molecule has 1 aliphatic carbocycles. The Morgan fingerprint density at radius 1 is 1.06 bits per heavy atom. The molecule has 3 aliphatic rings. The van der Waals surface area contributed by atoms with Gasteiger partial charge in [0.15, 0.2) is 0 Å². The van der Waals surface area contributed by atoms with Gasteiger partial charge in [-0.25, -0.2) is 0 Å². The maximum Gasteiger partial charge on any atom is 0.246 e. The van der Waals surface area contributed by atoms with Crippen LogP contribution >= 0.6 is 0 Å². The van der Waals surface area contributed by atoms with Crippen molar-refractivity contribution in [1.29, 1.82) is 0 Å². The minimum atomic E-state index is -0.615. The van der Waals surface area contributed by atoms with Crippen LogP contribution in [0.1, 0.15) is 70.8 Å². The molecular formula is C26H39N3O2. The molecular weight excluding hydrogens is 386 g/mol. The van der Waals surface area contributed by atoms with Crippen LogP contribution in [0.25, 0.3) is 0 Å². The number of benzene rings is 1. The summed E-state index contributed by atoms with van der Waals surface area (Å²) in [7, 11) is 0. The summed E-state index contributed by atoms with van der Waals surface area (Å²) >= 11 is 0. The van der Waals surface area contributed by atoms with Crippen molar-refractivity contribution in [2.45, 2.75) is 89.3 Å². The van der Waals surface area contributed by atoms with Crippen molar-refractivity contribution in [3.8, 4) is 0 Å². The van der Waals surface area contributed by atoms with Gasteiger partial charge >= 0.3 is 0 Å². The van der Waals surface area contributed by atoms with Crippen molar-refractivity contribution < 1.29 is 9.59 Å². The molecule has 4 rings (SSSR count). The molecule has 1 atom stereocenters. The van der Waals surface area contributed by atoms with E-state index in [1.165, 1.54) is 24.8 Å². The summed E-state index contributed by atoms with van der Waals surface area (Å²) < 4.78 is 0. The lowest BCUT2D eigenvalue weighted by Crippen LogP contribution is -2.75. The molecule has 0 unspecified atom stereocenters.